The van der Waals surface area contributed by atoms with Crippen LogP contribution in [0.3, 0.4) is 0 Å². The second-order valence-electron chi connectivity index (χ2n) is 7.56. The van der Waals surface area contributed by atoms with E-state index < -0.39 is 11.9 Å². The fraction of sp³-hybridized carbons (Fsp3) is 0.364. The van der Waals surface area contributed by atoms with Gasteiger partial charge in [0.2, 0.25) is 0 Å². The molecule has 1 saturated heterocycles. The molecular formula is C22H22F3N5O. The van der Waals surface area contributed by atoms with Gasteiger partial charge >= 0.3 is 6.18 Å². The number of anilines is 1. The van der Waals surface area contributed by atoms with Gasteiger partial charge in [-0.2, -0.15) is 13.2 Å². The SMILES string of the molecule is Cc1ccc(OC2CCN(c3cc(C)nc(-c4ccc(C(F)(F)F)nc4)n3)CC2)cn1. The minimum atomic E-state index is -4.47. The van der Waals surface area contributed by atoms with Crippen LogP contribution in [-0.2, 0) is 6.18 Å². The van der Waals surface area contributed by atoms with Crippen molar-refractivity contribution < 1.29 is 17.9 Å². The van der Waals surface area contributed by atoms with Gasteiger partial charge in [0.1, 0.15) is 23.4 Å². The van der Waals surface area contributed by atoms with Crippen molar-refractivity contribution in [2.75, 3.05) is 18.0 Å². The second kappa shape index (κ2) is 8.49. The van der Waals surface area contributed by atoms with Gasteiger partial charge in [0.15, 0.2) is 5.82 Å². The largest absolute Gasteiger partial charge is 0.489 e. The Morgan fingerprint density at radius 1 is 0.935 bits per heavy atom. The summed E-state index contributed by atoms with van der Waals surface area (Å²) in [5, 5.41) is 0. The number of halogens is 3. The smallest absolute Gasteiger partial charge is 0.433 e. The maximum atomic E-state index is 12.8. The number of ether oxygens (including phenoxy) is 1. The molecule has 0 saturated carbocycles. The molecule has 0 unspecified atom stereocenters. The van der Waals surface area contributed by atoms with E-state index in [0.29, 0.717) is 11.4 Å². The van der Waals surface area contributed by atoms with E-state index in [2.05, 4.69) is 24.8 Å². The highest BCUT2D eigenvalue weighted by atomic mass is 19.4. The summed E-state index contributed by atoms with van der Waals surface area (Å²) in [7, 11) is 0. The quantitative estimate of drug-likeness (QED) is 0.603. The van der Waals surface area contributed by atoms with Crippen LogP contribution in [0.5, 0.6) is 5.75 Å². The van der Waals surface area contributed by atoms with Crippen molar-refractivity contribution in [2.45, 2.75) is 39.0 Å². The van der Waals surface area contributed by atoms with Crippen molar-refractivity contribution in [3.05, 3.63) is 59.8 Å². The molecule has 1 fully saturated rings. The molecule has 31 heavy (non-hydrogen) atoms. The Bertz CT molecular complexity index is 1030. The van der Waals surface area contributed by atoms with Crippen LogP contribution in [-0.4, -0.2) is 39.1 Å². The van der Waals surface area contributed by atoms with Gasteiger partial charge in [0, 0.05) is 55.1 Å². The molecular weight excluding hydrogens is 407 g/mol. The van der Waals surface area contributed by atoms with Crippen LogP contribution < -0.4 is 9.64 Å². The van der Waals surface area contributed by atoms with Gasteiger partial charge in [-0.15, -0.1) is 0 Å². The third-order valence-corrected chi connectivity index (χ3v) is 5.11. The first-order valence-corrected chi connectivity index (χ1v) is 10.0. The van der Waals surface area contributed by atoms with Crippen LogP contribution in [0.1, 0.15) is 29.9 Å². The highest BCUT2D eigenvalue weighted by molar-refractivity contribution is 5.57. The monoisotopic (exact) mass is 429 g/mol. The Balaban J connectivity index is 1.45. The lowest BCUT2D eigenvalue weighted by Crippen LogP contribution is -2.38. The van der Waals surface area contributed by atoms with Gasteiger partial charge in [-0.05, 0) is 38.1 Å². The number of alkyl halides is 3. The minimum absolute atomic E-state index is 0.0993. The van der Waals surface area contributed by atoms with Crippen LogP contribution >= 0.6 is 0 Å². The summed E-state index contributed by atoms with van der Waals surface area (Å²) in [5.74, 6) is 1.87. The molecule has 1 aliphatic heterocycles. The number of aryl methyl sites for hydroxylation is 2. The first kappa shape index (κ1) is 21.0. The molecule has 0 amide bonds. The molecule has 4 rings (SSSR count). The normalized spacial score (nSPS) is 15.2. The molecule has 4 heterocycles. The maximum absolute atomic E-state index is 12.8. The minimum Gasteiger partial charge on any atom is -0.489 e. The van der Waals surface area contributed by atoms with E-state index in [1.54, 1.807) is 6.20 Å². The Labute approximate surface area is 178 Å². The molecule has 3 aromatic heterocycles. The maximum Gasteiger partial charge on any atom is 0.433 e. The molecule has 162 valence electrons. The molecule has 0 bridgehead atoms. The van der Waals surface area contributed by atoms with Gasteiger partial charge in [-0.3, -0.25) is 9.97 Å². The summed E-state index contributed by atoms with van der Waals surface area (Å²) in [5.41, 5.74) is 1.20. The Kier molecular flexibility index (Phi) is 5.75. The van der Waals surface area contributed by atoms with Crippen LogP contribution in [0.15, 0.2) is 42.7 Å². The zero-order valence-corrected chi connectivity index (χ0v) is 17.2. The molecule has 0 spiro atoms. The predicted octanol–water partition coefficient (Wildman–Crippen LogP) is 4.62. The number of nitrogens with zero attached hydrogens (tertiary/aromatic N) is 5. The topological polar surface area (TPSA) is 64.0 Å². The lowest BCUT2D eigenvalue weighted by molar-refractivity contribution is -0.141. The number of hydrogen-bond donors (Lipinski definition) is 0. The van der Waals surface area contributed by atoms with Gasteiger partial charge in [0.05, 0.1) is 6.20 Å². The third-order valence-electron chi connectivity index (χ3n) is 5.11. The van der Waals surface area contributed by atoms with Gasteiger partial charge in [-0.25, -0.2) is 9.97 Å². The summed E-state index contributed by atoms with van der Waals surface area (Å²) in [6.07, 6.45) is 0.180. The number of piperidine rings is 1. The van der Waals surface area contributed by atoms with E-state index in [4.69, 9.17) is 4.74 Å². The van der Waals surface area contributed by atoms with Crippen LogP contribution in [0, 0.1) is 13.8 Å². The molecule has 0 atom stereocenters. The molecule has 0 radical (unpaired) electrons. The zero-order valence-electron chi connectivity index (χ0n) is 17.2. The van der Waals surface area contributed by atoms with E-state index in [1.807, 2.05) is 32.0 Å². The van der Waals surface area contributed by atoms with Crippen molar-refractivity contribution in [1.82, 2.24) is 19.9 Å². The van der Waals surface area contributed by atoms with Crippen molar-refractivity contribution in [2.24, 2.45) is 0 Å². The molecule has 6 nitrogen and oxygen atoms in total. The first-order chi connectivity index (χ1) is 14.8. The van der Waals surface area contributed by atoms with Gasteiger partial charge < -0.3 is 9.64 Å². The van der Waals surface area contributed by atoms with Crippen LogP contribution in [0.25, 0.3) is 11.4 Å². The Hall–Kier alpha value is -3.23. The number of aromatic nitrogens is 4. The Morgan fingerprint density at radius 2 is 1.71 bits per heavy atom. The molecule has 1 aliphatic rings. The average Bonchev–Trinajstić information content (AvgIpc) is 2.75. The third kappa shape index (κ3) is 5.10. The fourth-order valence-corrected chi connectivity index (χ4v) is 3.46. The number of hydrogen-bond acceptors (Lipinski definition) is 6. The van der Waals surface area contributed by atoms with Crippen molar-refractivity contribution in [1.29, 1.82) is 0 Å². The number of pyridine rings is 2. The molecule has 9 heteroatoms. The van der Waals surface area contributed by atoms with E-state index in [-0.39, 0.29) is 6.10 Å². The molecule has 0 N–H and O–H groups in total. The highest BCUT2D eigenvalue weighted by Crippen LogP contribution is 2.29. The Morgan fingerprint density at radius 3 is 2.32 bits per heavy atom. The number of rotatable bonds is 4. The van der Waals surface area contributed by atoms with Crippen LogP contribution in [0.4, 0.5) is 19.0 Å². The first-order valence-electron chi connectivity index (χ1n) is 10.0. The van der Waals surface area contributed by atoms with E-state index >= 15 is 0 Å². The van der Waals surface area contributed by atoms with E-state index in [9.17, 15) is 13.2 Å². The summed E-state index contributed by atoms with van der Waals surface area (Å²) in [6, 6.07) is 8.03. The summed E-state index contributed by atoms with van der Waals surface area (Å²) in [4.78, 5) is 18.9. The van der Waals surface area contributed by atoms with Gasteiger partial charge in [-0.1, -0.05) is 0 Å². The van der Waals surface area contributed by atoms with Crippen LogP contribution in [0.2, 0.25) is 0 Å². The standard InChI is InChI=1S/C22H22F3N5O/c1-14-3-5-18(13-26-14)31-17-7-9-30(10-8-17)20-11-15(2)28-21(29-20)16-4-6-19(27-12-16)22(23,24)25/h3-6,11-13,17H,7-10H2,1-2H3. The lowest BCUT2D eigenvalue weighted by Gasteiger charge is -2.33. The zero-order chi connectivity index (χ0) is 22.0. The average molecular weight is 429 g/mol. The van der Waals surface area contributed by atoms with Crippen molar-refractivity contribution in [3.63, 3.8) is 0 Å². The van der Waals surface area contributed by atoms with Crippen molar-refractivity contribution >= 4 is 5.82 Å². The summed E-state index contributed by atoms with van der Waals surface area (Å²) < 4.78 is 44.3. The lowest BCUT2D eigenvalue weighted by atomic mass is 10.1. The van der Waals surface area contributed by atoms with Crippen molar-refractivity contribution in [3.8, 4) is 17.1 Å². The summed E-state index contributed by atoms with van der Waals surface area (Å²) >= 11 is 0. The predicted molar refractivity (Wildman–Crippen MR) is 110 cm³/mol. The van der Waals surface area contributed by atoms with Gasteiger partial charge in [0.25, 0.3) is 0 Å². The highest BCUT2D eigenvalue weighted by Gasteiger charge is 2.32. The molecule has 3 aromatic rings. The molecule has 0 aliphatic carbocycles. The second-order valence-corrected chi connectivity index (χ2v) is 7.56. The summed E-state index contributed by atoms with van der Waals surface area (Å²) in [6.45, 7) is 5.28. The fourth-order valence-electron chi connectivity index (χ4n) is 3.46. The molecule has 0 aromatic carbocycles. The van der Waals surface area contributed by atoms with E-state index in [0.717, 1.165) is 61.1 Å². The van der Waals surface area contributed by atoms with E-state index in [1.165, 1.54) is 6.07 Å².